The summed E-state index contributed by atoms with van der Waals surface area (Å²) in [6, 6.07) is 14.8. The SMILES string of the molecule is CCc1cccc(C)c1NC(=O)[C@@H](N)c1ccccc1. The third-order valence-electron chi connectivity index (χ3n) is 3.43. The summed E-state index contributed by atoms with van der Waals surface area (Å²) in [5.74, 6) is -0.180. The van der Waals surface area contributed by atoms with Crippen LogP contribution in [0.3, 0.4) is 0 Å². The van der Waals surface area contributed by atoms with Gasteiger partial charge >= 0.3 is 0 Å². The first-order valence-electron chi connectivity index (χ1n) is 6.83. The molecule has 2 aromatic rings. The predicted octanol–water partition coefficient (Wildman–Crippen LogP) is 3.20. The number of para-hydroxylation sites is 1. The third-order valence-corrected chi connectivity index (χ3v) is 3.43. The van der Waals surface area contributed by atoms with Gasteiger partial charge in [-0.05, 0) is 30.0 Å². The molecule has 1 atom stereocenters. The molecular formula is C17H20N2O. The van der Waals surface area contributed by atoms with Gasteiger partial charge in [0.15, 0.2) is 0 Å². The van der Waals surface area contributed by atoms with E-state index in [-0.39, 0.29) is 5.91 Å². The maximum atomic E-state index is 12.3. The normalized spacial score (nSPS) is 11.9. The van der Waals surface area contributed by atoms with Crippen molar-refractivity contribution in [2.45, 2.75) is 26.3 Å². The quantitative estimate of drug-likeness (QED) is 0.894. The summed E-state index contributed by atoms with van der Waals surface area (Å²) in [6.45, 7) is 4.06. The summed E-state index contributed by atoms with van der Waals surface area (Å²) >= 11 is 0. The lowest BCUT2D eigenvalue weighted by molar-refractivity contribution is -0.117. The molecule has 104 valence electrons. The molecule has 0 bridgehead atoms. The second-order valence-corrected chi connectivity index (χ2v) is 4.84. The van der Waals surface area contributed by atoms with Gasteiger partial charge < -0.3 is 11.1 Å². The monoisotopic (exact) mass is 268 g/mol. The van der Waals surface area contributed by atoms with E-state index < -0.39 is 6.04 Å². The van der Waals surface area contributed by atoms with E-state index in [0.29, 0.717) is 0 Å². The fourth-order valence-corrected chi connectivity index (χ4v) is 2.21. The van der Waals surface area contributed by atoms with E-state index in [9.17, 15) is 4.79 Å². The molecule has 20 heavy (non-hydrogen) atoms. The number of amides is 1. The number of carbonyl (C=O) groups is 1. The minimum absolute atomic E-state index is 0.180. The van der Waals surface area contributed by atoms with Crippen LogP contribution in [0.4, 0.5) is 5.69 Å². The van der Waals surface area contributed by atoms with Gasteiger partial charge in [0, 0.05) is 5.69 Å². The number of carbonyl (C=O) groups excluding carboxylic acids is 1. The maximum absolute atomic E-state index is 12.3. The predicted molar refractivity (Wildman–Crippen MR) is 82.6 cm³/mol. The Morgan fingerprint density at radius 1 is 1.15 bits per heavy atom. The molecule has 0 unspecified atom stereocenters. The van der Waals surface area contributed by atoms with Gasteiger partial charge in [0.05, 0.1) is 0 Å². The van der Waals surface area contributed by atoms with Crippen molar-refractivity contribution in [1.29, 1.82) is 0 Å². The lowest BCUT2D eigenvalue weighted by Crippen LogP contribution is -2.28. The summed E-state index contributed by atoms with van der Waals surface area (Å²) < 4.78 is 0. The number of aryl methyl sites for hydroxylation is 2. The molecule has 0 aliphatic rings. The van der Waals surface area contributed by atoms with E-state index in [1.54, 1.807) is 0 Å². The molecular weight excluding hydrogens is 248 g/mol. The van der Waals surface area contributed by atoms with Gasteiger partial charge in [-0.15, -0.1) is 0 Å². The largest absolute Gasteiger partial charge is 0.324 e. The van der Waals surface area contributed by atoms with Crippen molar-refractivity contribution in [3.8, 4) is 0 Å². The van der Waals surface area contributed by atoms with Crippen molar-refractivity contribution in [2.75, 3.05) is 5.32 Å². The molecule has 3 N–H and O–H groups in total. The zero-order chi connectivity index (χ0) is 14.5. The van der Waals surface area contributed by atoms with Gasteiger partial charge in [0.1, 0.15) is 6.04 Å². The Bertz CT molecular complexity index is 593. The molecule has 1 amide bonds. The van der Waals surface area contributed by atoms with Crippen molar-refractivity contribution < 1.29 is 4.79 Å². The lowest BCUT2D eigenvalue weighted by atomic mass is 10.0. The molecule has 0 fully saturated rings. The van der Waals surface area contributed by atoms with Crippen molar-refractivity contribution in [3.63, 3.8) is 0 Å². The van der Waals surface area contributed by atoms with Crippen molar-refractivity contribution in [3.05, 3.63) is 65.2 Å². The minimum atomic E-state index is -0.652. The number of hydrogen-bond acceptors (Lipinski definition) is 2. The van der Waals surface area contributed by atoms with Crippen LogP contribution in [0.15, 0.2) is 48.5 Å². The first-order chi connectivity index (χ1) is 9.63. The second-order valence-electron chi connectivity index (χ2n) is 4.84. The molecule has 0 aliphatic heterocycles. The molecule has 0 spiro atoms. The smallest absolute Gasteiger partial charge is 0.245 e. The van der Waals surface area contributed by atoms with Crippen molar-refractivity contribution in [1.82, 2.24) is 0 Å². The highest BCUT2D eigenvalue weighted by atomic mass is 16.2. The highest BCUT2D eigenvalue weighted by Crippen LogP contribution is 2.22. The standard InChI is InChI=1S/C17H20N2O/c1-3-13-11-7-8-12(2)16(13)19-17(20)15(18)14-9-5-4-6-10-14/h4-11,15H,3,18H2,1-2H3,(H,19,20)/t15-/m0/s1. The maximum Gasteiger partial charge on any atom is 0.245 e. The zero-order valence-corrected chi connectivity index (χ0v) is 11.9. The van der Waals surface area contributed by atoms with Gasteiger partial charge in [-0.1, -0.05) is 55.5 Å². The summed E-state index contributed by atoms with van der Waals surface area (Å²) in [4.78, 5) is 12.3. The number of hydrogen-bond donors (Lipinski definition) is 2. The third kappa shape index (κ3) is 3.06. The Hall–Kier alpha value is -2.13. The average Bonchev–Trinajstić information content (AvgIpc) is 2.49. The Labute approximate surface area is 119 Å². The molecule has 0 aromatic heterocycles. The van der Waals surface area contributed by atoms with E-state index in [0.717, 1.165) is 28.8 Å². The van der Waals surface area contributed by atoms with Crippen LogP contribution in [0.2, 0.25) is 0 Å². The molecule has 0 heterocycles. The van der Waals surface area contributed by atoms with E-state index in [2.05, 4.69) is 12.2 Å². The molecule has 3 nitrogen and oxygen atoms in total. The molecule has 2 aromatic carbocycles. The average molecular weight is 268 g/mol. The summed E-state index contributed by atoms with van der Waals surface area (Å²) in [5.41, 5.74) is 9.89. The first-order valence-corrected chi connectivity index (χ1v) is 6.83. The Morgan fingerprint density at radius 3 is 2.50 bits per heavy atom. The van der Waals surface area contributed by atoms with Crippen LogP contribution >= 0.6 is 0 Å². The summed E-state index contributed by atoms with van der Waals surface area (Å²) in [6.07, 6.45) is 0.873. The van der Waals surface area contributed by atoms with Crippen LogP contribution in [0.5, 0.6) is 0 Å². The molecule has 0 saturated carbocycles. The number of rotatable bonds is 4. The number of benzene rings is 2. The first kappa shape index (κ1) is 14.3. The lowest BCUT2D eigenvalue weighted by Gasteiger charge is -2.16. The highest BCUT2D eigenvalue weighted by Gasteiger charge is 2.17. The topological polar surface area (TPSA) is 55.1 Å². The number of nitrogens with two attached hydrogens (primary N) is 1. The molecule has 0 saturated heterocycles. The number of nitrogens with one attached hydrogen (secondary N) is 1. The second kappa shape index (κ2) is 6.35. The van der Waals surface area contributed by atoms with E-state index in [1.165, 1.54) is 0 Å². The minimum Gasteiger partial charge on any atom is -0.324 e. The van der Waals surface area contributed by atoms with Crippen molar-refractivity contribution in [2.24, 2.45) is 5.73 Å². The van der Waals surface area contributed by atoms with Crippen LogP contribution in [-0.2, 0) is 11.2 Å². The fraction of sp³-hybridized carbons (Fsp3) is 0.235. The van der Waals surface area contributed by atoms with E-state index >= 15 is 0 Å². The summed E-state index contributed by atoms with van der Waals surface area (Å²) in [5, 5.41) is 2.96. The molecule has 0 radical (unpaired) electrons. The van der Waals surface area contributed by atoms with Crippen LogP contribution in [-0.4, -0.2) is 5.91 Å². The number of anilines is 1. The Morgan fingerprint density at radius 2 is 1.85 bits per heavy atom. The van der Waals surface area contributed by atoms with Crippen LogP contribution in [0.25, 0.3) is 0 Å². The van der Waals surface area contributed by atoms with Gasteiger partial charge in [-0.25, -0.2) is 0 Å². The fourth-order valence-electron chi connectivity index (χ4n) is 2.21. The molecule has 2 rings (SSSR count). The molecule has 0 aliphatic carbocycles. The Kier molecular flexibility index (Phi) is 4.53. The van der Waals surface area contributed by atoms with Crippen LogP contribution in [0, 0.1) is 6.92 Å². The van der Waals surface area contributed by atoms with Gasteiger partial charge in [-0.2, -0.15) is 0 Å². The van der Waals surface area contributed by atoms with Crippen LogP contribution in [0.1, 0.15) is 29.7 Å². The van der Waals surface area contributed by atoms with Crippen molar-refractivity contribution >= 4 is 11.6 Å². The zero-order valence-electron chi connectivity index (χ0n) is 11.9. The Balaban J connectivity index is 2.20. The van der Waals surface area contributed by atoms with E-state index in [1.807, 2.05) is 55.5 Å². The highest BCUT2D eigenvalue weighted by molar-refractivity contribution is 5.96. The van der Waals surface area contributed by atoms with Gasteiger partial charge in [0.25, 0.3) is 0 Å². The molecule has 3 heteroatoms. The summed E-state index contributed by atoms with van der Waals surface area (Å²) in [7, 11) is 0. The van der Waals surface area contributed by atoms with Gasteiger partial charge in [0.2, 0.25) is 5.91 Å². The van der Waals surface area contributed by atoms with Crippen LogP contribution < -0.4 is 11.1 Å². The van der Waals surface area contributed by atoms with E-state index in [4.69, 9.17) is 5.73 Å². The van der Waals surface area contributed by atoms with Gasteiger partial charge in [-0.3, -0.25) is 4.79 Å².